The van der Waals surface area contributed by atoms with Crippen molar-refractivity contribution < 1.29 is 18.0 Å². The van der Waals surface area contributed by atoms with Gasteiger partial charge in [0.25, 0.3) is 15.9 Å². The Balaban J connectivity index is 1.74. The summed E-state index contributed by atoms with van der Waals surface area (Å²) in [6.07, 6.45) is 1.45. The van der Waals surface area contributed by atoms with E-state index in [1.165, 1.54) is 12.1 Å². The molecule has 1 N–H and O–H groups in total. The molecule has 0 fully saturated rings. The summed E-state index contributed by atoms with van der Waals surface area (Å²) in [5.74, 6) is -0.897. The van der Waals surface area contributed by atoms with Crippen molar-refractivity contribution >= 4 is 27.5 Å². The Hall–Kier alpha value is -2.67. The van der Waals surface area contributed by atoms with Crippen LogP contribution >= 0.6 is 0 Å². The number of carbonyl (C=O) groups is 2. The number of nitrogens with one attached hydrogen (secondary N) is 1. The van der Waals surface area contributed by atoms with Gasteiger partial charge in [0.05, 0.1) is 5.56 Å². The maximum Gasteiger partial charge on any atom is 0.269 e. The molecule has 2 aromatic rings. The summed E-state index contributed by atoms with van der Waals surface area (Å²) in [5.41, 5.74) is 2.99. The quantitative estimate of drug-likeness (QED) is 0.827. The van der Waals surface area contributed by atoms with Gasteiger partial charge in [-0.15, -0.1) is 0 Å². The number of carbonyl (C=O) groups excluding carboxylic acids is 2. The summed E-state index contributed by atoms with van der Waals surface area (Å²) >= 11 is 0. The van der Waals surface area contributed by atoms with E-state index in [4.69, 9.17) is 0 Å². The van der Waals surface area contributed by atoms with Crippen molar-refractivity contribution in [3.8, 4) is 0 Å². The molecule has 1 aliphatic heterocycles. The summed E-state index contributed by atoms with van der Waals surface area (Å²) < 4.78 is 25.9. The molecule has 0 saturated heterocycles. The molecule has 0 saturated carbocycles. The zero-order chi connectivity index (χ0) is 19.6. The number of hydrogen-bond donors (Lipinski definition) is 1. The van der Waals surface area contributed by atoms with Gasteiger partial charge in [0.15, 0.2) is 0 Å². The Labute approximate surface area is 159 Å². The normalized spacial score (nSPS) is 14.9. The highest BCUT2D eigenvalue weighted by Gasteiger charge is 2.40. The highest BCUT2D eigenvalue weighted by molar-refractivity contribution is 7.90. The van der Waals surface area contributed by atoms with Gasteiger partial charge in [0.1, 0.15) is 4.90 Å². The molecule has 1 aliphatic rings. The van der Waals surface area contributed by atoms with Crippen LogP contribution in [0.25, 0.3) is 0 Å². The summed E-state index contributed by atoms with van der Waals surface area (Å²) in [6.45, 7) is 3.84. The predicted octanol–water partition coefficient (Wildman–Crippen LogP) is 2.98. The van der Waals surface area contributed by atoms with Gasteiger partial charge in [-0.1, -0.05) is 44.2 Å². The third-order valence-corrected chi connectivity index (χ3v) is 6.56. The van der Waals surface area contributed by atoms with Crippen LogP contribution in [-0.2, 0) is 27.7 Å². The van der Waals surface area contributed by atoms with Crippen molar-refractivity contribution in [2.45, 2.75) is 38.0 Å². The van der Waals surface area contributed by atoms with Crippen LogP contribution in [0, 0.1) is 0 Å². The van der Waals surface area contributed by atoms with Crippen molar-refractivity contribution in [1.29, 1.82) is 0 Å². The van der Waals surface area contributed by atoms with Gasteiger partial charge in [-0.3, -0.25) is 9.59 Å². The zero-order valence-electron chi connectivity index (χ0n) is 15.4. The van der Waals surface area contributed by atoms with Gasteiger partial charge in [-0.05, 0) is 36.1 Å². The highest BCUT2D eigenvalue weighted by atomic mass is 32.2. The highest BCUT2D eigenvalue weighted by Crippen LogP contribution is 2.30. The minimum absolute atomic E-state index is 0.00000557. The van der Waals surface area contributed by atoms with Crippen LogP contribution in [0.3, 0.4) is 0 Å². The Kier molecular flexibility index (Phi) is 5.32. The number of para-hydroxylation sites is 1. The number of nitrogens with zero attached hydrogens (tertiary/aromatic N) is 1. The zero-order valence-corrected chi connectivity index (χ0v) is 16.2. The Morgan fingerprint density at radius 2 is 1.63 bits per heavy atom. The largest absolute Gasteiger partial charge is 0.326 e. The Morgan fingerprint density at radius 1 is 1.00 bits per heavy atom. The van der Waals surface area contributed by atoms with E-state index in [-0.39, 0.29) is 29.3 Å². The fourth-order valence-corrected chi connectivity index (χ4v) is 4.83. The van der Waals surface area contributed by atoms with Gasteiger partial charge >= 0.3 is 0 Å². The molecule has 0 unspecified atom stereocenters. The van der Waals surface area contributed by atoms with Crippen molar-refractivity contribution in [3.05, 3.63) is 59.2 Å². The number of aryl methyl sites for hydroxylation is 2. The van der Waals surface area contributed by atoms with E-state index in [1.54, 1.807) is 12.1 Å². The Morgan fingerprint density at radius 3 is 2.22 bits per heavy atom. The topological polar surface area (TPSA) is 83.6 Å². The molecule has 7 heteroatoms. The number of benzene rings is 2. The second kappa shape index (κ2) is 7.52. The van der Waals surface area contributed by atoms with Crippen LogP contribution in [-0.4, -0.2) is 31.1 Å². The van der Waals surface area contributed by atoms with Crippen molar-refractivity contribution in [2.24, 2.45) is 0 Å². The molecular weight excluding hydrogens is 364 g/mol. The molecule has 0 aliphatic carbocycles. The standard InChI is InChI=1S/C20H22N2O4S/c1-3-14-8-7-9-15(4-2)19(14)21-18(23)12-13-22-20(24)16-10-5-6-11-17(16)27(22,25)26/h5-11H,3-4,12-13H2,1-2H3,(H,21,23). The van der Waals surface area contributed by atoms with Gasteiger partial charge in [0, 0.05) is 18.7 Å². The minimum Gasteiger partial charge on any atom is -0.326 e. The van der Waals surface area contributed by atoms with E-state index < -0.39 is 15.9 Å². The molecule has 3 rings (SSSR count). The van der Waals surface area contributed by atoms with E-state index in [9.17, 15) is 18.0 Å². The smallest absolute Gasteiger partial charge is 0.269 e. The van der Waals surface area contributed by atoms with Crippen LogP contribution in [0.2, 0.25) is 0 Å². The van der Waals surface area contributed by atoms with E-state index in [1.807, 2.05) is 32.0 Å². The summed E-state index contributed by atoms with van der Waals surface area (Å²) in [5, 5.41) is 2.90. The van der Waals surface area contributed by atoms with Gasteiger partial charge in [-0.2, -0.15) is 0 Å². The molecule has 0 aromatic heterocycles. The first kappa shape index (κ1) is 19.1. The van der Waals surface area contributed by atoms with Crippen molar-refractivity contribution in [3.63, 3.8) is 0 Å². The first-order chi connectivity index (χ1) is 12.9. The predicted molar refractivity (Wildman–Crippen MR) is 103 cm³/mol. The minimum atomic E-state index is -3.89. The summed E-state index contributed by atoms with van der Waals surface area (Å²) in [4.78, 5) is 24.9. The fourth-order valence-electron chi connectivity index (χ4n) is 3.26. The van der Waals surface area contributed by atoms with Gasteiger partial charge in [0.2, 0.25) is 5.91 Å². The summed E-state index contributed by atoms with van der Waals surface area (Å²) in [7, 11) is -3.89. The SMILES string of the molecule is CCc1cccc(CC)c1NC(=O)CCN1C(=O)c2ccccc2S1(=O)=O. The van der Waals surface area contributed by atoms with E-state index >= 15 is 0 Å². The van der Waals surface area contributed by atoms with Crippen LogP contribution in [0.15, 0.2) is 47.4 Å². The van der Waals surface area contributed by atoms with Crippen LogP contribution in [0.4, 0.5) is 5.69 Å². The second-order valence-corrected chi connectivity index (χ2v) is 8.17. The molecule has 6 nitrogen and oxygen atoms in total. The molecule has 2 aromatic carbocycles. The maximum atomic E-state index is 12.5. The molecule has 0 spiro atoms. The lowest BCUT2D eigenvalue weighted by atomic mass is 10.0. The molecule has 1 heterocycles. The van der Waals surface area contributed by atoms with Gasteiger partial charge < -0.3 is 5.32 Å². The number of fused-ring (bicyclic) bond motifs is 1. The van der Waals surface area contributed by atoms with E-state index in [0.717, 1.165) is 34.0 Å². The second-order valence-electron chi connectivity index (χ2n) is 6.34. The van der Waals surface area contributed by atoms with Crippen LogP contribution < -0.4 is 5.32 Å². The first-order valence-electron chi connectivity index (χ1n) is 8.96. The number of rotatable bonds is 6. The van der Waals surface area contributed by atoms with E-state index in [2.05, 4.69) is 5.32 Å². The molecule has 0 atom stereocenters. The number of hydrogen-bond acceptors (Lipinski definition) is 4. The number of amides is 2. The summed E-state index contributed by atoms with van der Waals surface area (Å²) in [6, 6.07) is 12.0. The van der Waals surface area contributed by atoms with Crippen LogP contribution in [0.1, 0.15) is 41.8 Å². The monoisotopic (exact) mass is 386 g/mol. The average molecular weight is 386 g/mol. The third-order valence-electron chi connectivity index (χ3n) is 4.72. The lowest BCUT2D eigenvalue weighted by molar-refractivity contribution is -0.116. The van der Waals surface area contributed by atoms with Crippen molar-refractivity contribution in [2.75, 3.05) is 11.9 Å². The lowest BCUT2D eigenvalue weighted by Crippen LogP contribution is -2.33. The molecule has 2 amide bonds. The first-order valence-corrected chi connectivity index (χ1v) is 10.4. The number of sulfonamides is 1. The Bertz CT molecular complexity index is 977. The molecule has 0 bridgehead atoms. The average Bonchev–Trinajstić information content (AvgIpc) is 2.86. The van der Waals surface area contributed by atoms with Crippen LogP contribution in [0.5, 0.6) is 0 Å². The molecule has 142 valence electrons. The number of anilines is 1. The van der Waals surface area contributed by atoms with Crippen molar-refractivity contribution in [1.82, 2.24) is 4.31 Å². The van der Waals surface area contributed by atoms with Gasteiger partial charge in [-0.25, -0.2) is 12.7 Å². The third kappa shape index (κ3) is 3.47. The van der Waals surface area contributed by atoms with E-state index in [0.29, 0.717) is 0 Å². The lowest BCUT2D eigenvalue weighted by Gasteiger charge is -2.17. The molecular formula is C20H22N2O4S. The maximum absolute atomic E-state index is 12.5. The molecule has 27 heavy (non-hydrogen) atoms. The fraction of sp³-hybridized carbons (Fsp3) is 0.300. The molecule has 0 radical (unpaired) electrons.